The second-order valence-corrected chi connectivity index (χ2v) is 7.76. The van der Waals surface area contributed by atoms with Gasteiger partial charge in [0.25, 0.3) is 5.91 Å². The molecule has 2 aromatic heterocycles. The molecule has 0 bridgehead atoms. The summed E-state index contributed by atoms with van der Waals surface area (Å²) < 4.78 is 5.67. The molecule has 0 aliphatic carbocycles. The number of aldehydes is 1. The van der Waals surface area contributed by atoms with E-state index in [1.807, 2.05) is 35.2 Å². The van der Waals surface area contributed by atoms with Crippen LogP contribution in [0.15, 0.2) is 47.3 Å². The van der Waals surface area contributed by atoms with E-state index in [0.717, 1.165) is 31.7 Å². The molecule has 1 N–H and O–H groups in total. The molecule has 0 radical (unpaired) electrons. The fourth-order valence-electron chi connectivity index (χ4n) is 3.27. The Balaban J connectivity index is 0.000000176. The zero-order valence-corrected chi connectivity index (χ0v) is 18.9. The van der Waals surface area contributed by atoms with Crippen LogP contribution in [0.4, 0.5) is 0 Å². The highest BCUT2D eigenvalue weighted by molar-refractivity contribution is 9.10. The number of hydrogen-bond acceptors (Lipinski definition) is 6. The zero-order valence-electron chi connectivity index (χ0n) is 17.3. The van der Waals surface area contributed by atoms with Crippen LogP contribution >= 0.6 is 15.9 Å². The number of carbonyl (C=O) groups is 3. The van der Waals surface area contributed by atoms with Crippen LogP contribution in [0.2, 0.25) is 0 Å². The second-order valence-electron chi connectivity index (χ2n) is 7.01. The summed E-state index contributed by atoms with van der Waals surface area (Å²) in [5, 5.41) is 0.557. The van der Waals surface area contributed by atoms with E-state index in [-0.39, 0.29) is 17.8 Å². The Hall–Kier alpha value is -3.04. The number of pyridine rings is 1. The van der Waals surface area contributed by atoms with E-state index in [1.165, 1.54) is 19.5 Å². The number of nitrogens with zero attached hydrogens (tertiary/aromatic N) is 3. The minimum atomic E-state index is -0.595. The fraction of sp³-hybridized carbons (Fsp3) is 0.273. The maximum absolute atomic E-state index is 12.0. The first-order valence-electron chi connectivity index (χ1n) is 9.68. The van der Waals surface area contributed by atoms with Gasteiger partial charge in [-0.1, -0.05) is 18.2 Å². The van der Waals surface area contributed by atoms with Gasteiger partial charge in [-0.3, -0.25) is 14.4 Å². The molecule has 0 saturated carbocycles. The van der Waals surface area contributed by atoms with Crippen LogP contribution < -0.4 is 4.74 Å². The van der Waals surface area contributed by atoms with E-state index < -0.39 is 5.78 Å². The lowest BCUT2D eigenvalue weighted by Crippen LogP contribution is -2.47. The Morgan fingerprint density at radius 2 is 1.84 bits per heavy atom. The van der Waals surface area contributed by atoms with Gasteiger partial charge in [0, 0.05) is 37.9 Å². The Labute approximate surface area is 188 Å². The van der Waals surface area contributed by atoms with Gasteiger partial charge in [-0.2, -0.15) is 0 Å². The molecule has 0 atom stereocenters. The van der Waals surface area contributed by atoms with E-state index in [2.05, 4.69) is 37.8 Å². The van der Waals surface area contributed by atoms with Gasteiger partial charge >= 0.3 is 0 Å². The Morgan fingerprint density at radius 3 is 2.45 bits per heavy atom. The van der Waals surface area contributed by atoms with Gasteiger partial charge < -0.3 is 19.5 Å². The molecular weight excluding hydrogens is 464 g/mol. The summed E-state index contributed by atoms with van der Waals surface area (Å²) >= 11 is 3.25. The van der Waals surface area contributed by atoms with Crippen molar-refractivity contribution in [2.24, 2.45) is 0 Å². The van der Waals surface area contributed by atoms with Gasteiger partial charge in [-0.05, 0) is 35.1 Å². The number of carbonyl (C=O) groups excluding carboxylic acids is 3. The minimum absolute atomic E-state index is 0.156. The lowest BCUT2D eigenvalue weighted by molar-refractivity contribution is -0.104. The number of aromatic nitrogens is 2. The number of Topliss-reactive ketones (excluding diaryl/α,β-unsaturated/α-hetero) is 1. The van der Waals surface area contributed by atoms with Crippen molar-refractivity contribution in [3.05, 3.63) is 58.5 Å². The lowest BCUT2D eigenvalue weighted by atomic mass is 10.1. The second kappa shape index (κ2) is 10.3. The first-order chi connectivity index (χ1) is 15.0. The van der Waals surface area contributed by atoms with E-state index in [0.29, 0.717) is 21.3 Å². The van der Waals surface area contributed by atoms with Crippen molar-refractivity contribution in [2.75, 3.05) is 40.3 Å². The first kappa shape index (κ1) is 22.6. The average Bonchev–Trinajstić information content (AvgIpc) is 3.26. The molecule has 1 amide bonds. The van der Waals surface area contributed by atoms with Crippen LogP contribution in [-0.4, -0.2) is 78.1 Å². The molecule has 1 saturated heterocycles. The molecule has 1 aromatic carbocycles. The number of hydrogen-bond donors (Lipinski definition) is 1. The monoisotopic (exact) mass is 486 g/mol. The predicted molar refractivity (Wildman–Crippen MR) is 121 cm³/mol. The lowest BCUT2D eigenvalue weighted by Gasteiger charge is -2.32. The van der Waals surface area contributed by atoms with Crippen LogP contribution in [0.3, 0.4) is 0 Å². The summed E-state index contributed by atoms with van der Waals surface area (Å²) in [5.74, 6) is 0.0102. The molecule has 31 heavy (non-hydrogen) atoms. The van der Waals surface area contributed by atoms with E-state index >= 15 is 0 Å². The smallest absolute Gasteiger partial charge is 0.253 e. The van der Waals surface area contributed by atoms with Crippen molar-refractivity contribution in [1.82, 2.24) is 19.8 Å². The van der Waals surface area contributed by atoms with E-state index in [1.54, 1.807) is 0 Å². The number of ether oxygens (including phenoxy) is 1. The van der Waals surface area contributed by atoms with Gasteiger partial charge in [-0.25, -0.2) is 4.98 Å². The Kier molecular flexibility index (Phi) is 7.54. The first-order valence-corrected chi connectivity index (χ1v) is 10.5. The SMILES string of the molecule is CN1CCN(C(=O)c2ccccc2)CC1.COc1cnc(Br)c2[nH]cc(C(=O)C=O)c12. The molecule has 3 aromatic rings. The van der Waals surface area contributed by atoms with Crippen molar-refractivity contribution < 1.29 is 19.1 Å². The number of nitrogens with one attached hydrogen (secondary N) is 1. The summed E-state index contributed by atoms with van der Waals surface area (Å²) in [7, 11) is 3.57. The molecule has 9 heteroatoms. The van der Waals surface area contributed by atoms with Crippen LogP contribution in [0.25, 0.3) is 10.9 Å². The number of likely N-dealkylation sites (N-methyl/N-ethyl adjacent to an activating group) is 1. The highest BCUT2D eigenvalue weighted by Gasteiger charge is 2.20. The molecule has 8 nitrogen and oxygen atoms in total. The quantitative estimate of drug-likeness (QED) is 0.263. The normalized spacial score (nSPS) is 14.0. The van der Waals surface area contributed by atoms with Crippen molar-refractivity contribution in [2.45, 2.75) is 0 Å². The number of fused-ring (bicyclic) bond motifs is 1. The summed E-state index contributed by atoms with van der Waals surface area (Å²) in [6.45, 7) is 3.62. The summed E-state index contributed by atoms with van der Waals surface area (Å²) in [6, 6.07) is 9.49. The van der Waals surface area contributed by atoms with Crippen molar-refractivity contribution in [3.63, 3.8) is 0 Å². The number of rotatable bonds is 4. The van der Waals surface area contributed by atoms with Gasteiger partial charge in [0.05, 0.1) is 29.8 Å². The molecular formula is C22H23BrN4O4. The minimum Gasteiger partial charge on any atom is -0.494 e. The molecule has 4 rings (SSSR count). The van der Waals surface area contributed by atoms with Gasteiger partial charge in [0.1, 0.15) is 10.4 Å². The number of piperazine rings is 1. The standard InChI is InChI=1S/C12H16N2O.C10H7BrN2O3/c1-13-7-9-14(10-8-13)12(15)11-5-3-2-4-6-11;1-16-7-3-13-10(11)9-8(7)5(2-12-9)6(15)4-14/h2-6H,7-10H2,1H3;2-4,12H,1H3. The molecule has 0 spiro atoms. The molecule has 0 unspecified atom stereocenters. The number of methoxy groups -OCH3 is 1. The van der Waals surface area contributed by atoms with E-state index in [9.17, 15) is 14.4 Å². The number of halogens is 1. The van der Waals surface area contributed by atoms with Crippen molar-refractivity contribution in [1.29, 1.82) is 0 Å². The molecule has 162 valence electrons. The summed E-state index contributed by atoms with van der Waals surface area (Å²) in [6.07, 6.45) is 3.23. The van der Waals surface area contributed by atoms with Crippen molar-refractivity contribution in [3.8, 4) is 5.75 Å². The number of benzene rings is 1. The zero-order chi connectivity index (χ0) is 22.4. The highest BCUT2D eigenvalue weighted by Crippen LogP contribution is 2.31. The number of ketones is 1. The average molecular weight is 487 g/mol. The predicted octanol–water partition coefficient (Wildman–Crippen LogP) is 2.79. The highest BCUT2D eigenvalue weighted by atomic mass is 79.9. The molecule has 1 aliphatic heterocycles. The largest absolute Gasteiger partial charge is 0.494 e. The maximum atomic E-state index is 12.0. The third-order valence-corrected chi connectivity index (χ3v) is 5.63. The van der Waals surface area contributed by atoms with Crippen LogP contribution in [0.1, 0.15) is 20.7 Å². The fourth-order valence-corrected chi connectivity index (χ4v) is 3.69. The molecule has 1 fully saturated rings. The van der Waals surface area contributed by atoms with Gasteiger partial charge in [0.15, 0.2) is 6.29 Å². The van der Waals surface area contributed by atoms with Crippen LogP contribution in [0, 0.1) is 0 Å². The van der Waals surface area contributed by atoms with Gasteiger partial charge in [0.2, 0.25) is 5.78 Å². The Bertz CT molecular complexity index is 1080. The number of aromatic amines is 1. The summed E-state index contributed by atoms with van der Waals surface area (Å²) in [4.78, 5) is 45.0. The van der Waals surface area contributed by atoms with Crippen molar-refractivity contribution >= 4 is 44.8 Å². The topological polar surface area (TPSA) is 95.6 Å². The summed E-state index contributed by atoms with van der Waals surface area (Å²) in [5.41, 5.74) is 1.71. The van der Waals surface area contributed by atoms with Crippen LogP contribution in [-0.2, 0) is 4.79 Å². The van der Waals surface area contributed by atoms with Crippen LogP contribution in [0.5, 0.6) is 5.75 Å². The number of amides is 1. The van der Waals surface area contributed by atoms with E-state index in [4.69, 9.17) is 4.74 Å². The third-order valence-electron chi connectivity index (χ3n) is 5.03. The third kappa shape index (κ3) is 5.18. The maximum Gasteiger partial charge on any atom is 0.253 e. The molecule has 1 aliphatic rings. The Morgan fingerprint density at radius 1 is 1.16 bits per heavy atom. The van der Waals surface area contributed by atoms with Gasteiger partial charge in [-0.15, -0.1) is 0 Å². The molecule has 3 heterocycles. The number of H-pyrrole nitrogens is 1.